The molecule has 1 aliphatic heterocycles. The van der Waals surface area contributed by atoms with Gasteiger partial charge in [-0.1, -0.05) is 13.8 Å². The summed E-state index contributed by atoms with van der Waals surface area (Å²) in [6.45, 7) is 9.99. The fourth-order valence-corrected chi connectivity index (χ4v) is 4.14. The third-order valence-corrected chi connectivity index (χ3v) is 5.94. The highest BCUT2D eigenvalue weighted by atomic mass is 16.2. The van der Waals surface area contributed by atoms with Crippen LogP contribution < -0.4 is 0 Å². The highest BCUT2D eigenvalue weighted by Gasteiger charge is 2.37. The Labute approximate surface area is 165 Å². The smallest absolute Gasteiger partial charge is 0.259 e. The number of aromatic nitrogens is 3. The molecule has 2 aliphatic rings. The molecule has 28 heavy (non-hydrogen) atoms. The summed E-state index contributed by atoms with van der Waals surface area (Å²) in [5, 5.41) is 4.36. The van der Waals surface area contributed by atoms with Crippen LogP contribution in [0.4, 0.5) is 0 Å². The van der Waals surface area contributed by atoms with Crippen molar-refractivity contribution in [2.45, 2.75) is 53.0 Å². The van der Waals surface area contributed by atoms with Gasteiger partial charge >= 0.3 is 0 Å². The molecule has 2 aromatic rings. The van der Waals surface area contributed by atoms with Crippen LogP contribution in [-0.2, 0) is 4.79 Å². The molecule has 1 saturated carbocycles. The molecule has 0 radical (unpaired) electrons. The maximum absolute atomic E-state index is 13.4. The molecule has 150 valence electrons. The van der Waals surface area contributed by atoms with Crippen molar-refractivity contribution < 1.29 is 9.59 Å². The first-order chi connectivity index (χ1) is 13.3. The molecule has 1 atom stereocenters. The van der Waals surface area contributed by atoms with E-state index in [0.717, 1.165) is 17.9 Å². The number of nitrogens with zero attached hydrogens (tertiary/aromatic N) is 5. The average Bonchev–Trinajstić information content (AvgIpc) is 3.38. The van der Waals surface area contributed by atoms with E-state index in [1.807, 2.05) is 29.7 Å². The van der Waals surface area contributed by atoms with Gasteiger partial charge in [-0.3, -0.25) is 9.59 Å². The lowest BCUT2D eigenvalue weighted by atomic mass is 10.0. The topological polar surface area (TPSA) is 70.8 Å². The fourth-order valence-electron chi connectivity index (χ4n) is 4.14. The zero-order chi connectivity index (χ0) is 20.0. The van der Waals surface area contributed by atoms with Gasteiger partial charge in [0.1, 0.15) is 5.56 Å². The van der Waals surface area contributed by atoms with Gasteiger partial charge in [-0.05, 0) is 44.6 Å². The molecule has 0 N–H and O–H groups in total. The average molecular weight is 383 g/mol. The number of hydrogen-bond donors (Lipinski definition) is 0. The molecule has 7 heteroatoms. The molecule has 0 unspecified atom stereocenters. The van der Waals surface area contributed by atoms with E-state index in [2.05, 4.69) is 23.9 Å². The summed E-state index contributed by atoms with van der Waals surface area (Å²) in [6, 6.07) is 2.00. The molecule has 3 heterocycles. The van der Waals surface area contributed by atoms with Crippen LogP contribution in [-0.4, -0.2) is 61.9 Å². The van der Waals surface area contributed by atoms with E-state index in [1.165, 1.54) is 12.8 Å². The van der Waals surface area contributed by atoms with Crippen LogP contribution >= 0.6 is 0 Å². The summed E-state index contributed by atoms with van der Waals surface area (Å²) in [5.74, 6) is 1.02. The highest BCUT2D eigenvalue weighted by Crippen LogP contribution is 2.32. The third-order valence-electron chi connectivity index (χ3n) is 5.94. The van der Waals surface area contributed by atoms with Gasteiger partial charge in [-0.25, -0.2) is 9.50 Å². The van der Waals surface area contributed by atoms with E-state index in [-0.39, 0.29) is 17.9 Å². The lowest BCUT2D eigenvalue weighted by Gasteiger charge is -2.34. The maximum atomic E-state index is 13.4. The zero-order valence-electron chi connectivity index (χ0n) is 17.2. The molecule has 2 aromatic heterocycles. The van der Waals surface area contributed by atoms with Crippen LogP contribution in [0.2, 0.25) is 0 Å². The van der Waals surface area contributed by atoms with Gasteiger partial charge < -0.3 is 9.80 Å². The first-order valence-electron chi connectivity index (χ1n) is 10.3. The first kappa shape index (κ1) is 18.9. The van der Waals surface area contributed by atoms with Crippen molar-refractivity contribution in [2.24, 2.45) is 11.8 Å². The molecular formula is C21H29N5O2. The second kappa shape index (κ2) is 7.18. The lowest BCUT2D eigenvalue weighted by Crippen LogP contribution is -2.48. The molecule has 1 saturated heterocycles. The number of carbonyl (C=O) groups excluding carboxylic acids is 2. The summed E-state index contributed by atoms with van der Waals surface area (Å²) >= 11 is 0. The molecular weight excluding hydrogens is 354 g/mol. The molecule has 1 aliphatic carbocycles. The summed E-state index contributed by atoms with van der Waals surface area (Å²) in [7, 11) is 0. The Morgan fingerprint density at radius 1 is 1.29 bits per heavy atom. The van der Waals surface area contributed by atoms with Gasteiger partial charge in [0, 0.05) is 37.4 Å². The Hall–Kier alpha value is -2.44. The first-order valence-corrected chi connectivity index (χ1v) is 10.3. The standard InChI is InChI=1S/C21H29N5O2/c1-13(2)18-12-24(8-7-19(27)25(18)11-16-5-6-16)21(28)17-10-22-26-15(4)9-14(3)23-20(17)26/h9-10,13,16,18H,5-8,11-12H2,1-4H3/t18-/m0/s1. The van der Waals surface area contributed by atoms with Crippen LogP contribution in [0.3, 0.4) is 0 Å². The predicted molar refractivity (Wildman–Crippen MR) is 106 cm³/mol. The normalized spacial score (nSPS) is 20.9. The zero-order valence-corrected chi connectivity index (χ0v) is 17.2. The minimum Gasteiger partial charge on any atom is -0.337 e. The minimum atomic E-state index is -0.0841. The number of amides is 2. The van der Waals surface area contributed by atoms with E-state index < -0.39 is 0 Å². The summed E-state index contributed by atoms with van der Waals surface area (Å²) in [6.07, 6.45) is 4.41. The van der Waals surface area contributed by atoms with Gasteiger partial charge in [0.25, 0.3) is 5.91 Å². The summed E-state index contributed by atoms with van der Waals surface area (Å²) < 4.78 is 1.71. The molecule has 2 fully saturated rings. The van der Waals surface area contributed by atoms with Crippen molar-refractivity contribution in [1.82, 2.24) is 24.4 Å². The van der Waals surface area contributed by atoms with Crippen molar-refractivity contribution in [3.63, 3.8) is 0 Å². The Balaban J connectivity index is 1.63. The quantitative estimate of drug-likeness (QED) is 0.813. The van der Waals surface area contributed by atoms with Crippen molar-refractivity contribution >= 4 is 17.5 Å². The van der Waals surface area contributed by atoms with Crippen molar-refractivity contribution in [3.8, 4) is 0 Å². The Bertz CT molecular complexity index is 915. The van der Waals surface area contributed by atoms with Gasteiger partial charge in [-0.15, -0.1) is 0 Å². The molecule has 0 bridgehead atoms. The maximum Gasteiger partial charge on any atom is 0.259 e. The summed E-state index contributed by atoms with van der Waals surface area (Å²) in [4.78, 5) is 34.6. The highest BCUT2D eigenvalue weighted by molar-refractivity contribution is 6.00. The second-order valence-electron chi connectivity index (χ2n) is 8.63. The fraction of sp³-hybridized carbons (Fsp3) is 0.619. The Morgan fingerprint density at radius 2 is 2.04 bits per heavy atom. The lowest BCUT2D eigenvalue weighted by molar-refractivity contribution is -0.133. The van der Waals surface area contributed by atoms with E-state index in [1.54, 1.807) is 10.7 Å². The van der Waals surface area contributed by atoms with Gasteiger partial charge in [-0.2, -0.15) is 5.10 Å². The largest absolute Gasteiger partial charge is 0.337 e. The monoisotopic (exact) mass is 383 g/mol. The SMILES string of the molecule is Cc1cc(C)n2ncc(C(=O)N3CCC(=O)N(CC4CC4)[C@H](C(C)C)C3)c2n1. The summed E-state index contributed by atoms with van der Waals surface area (Å²) in [5.41, 5.74) is 2.91. The van der Waals surface area contributed by atoms with Crippen molar-refractivity contribution in [3.05, 3.63) is 29.2 Å². The van der Waals surface area contributed by atoms with Crippen LogP contribution in [0.1, 0.15) is 54.9 Å². The number of hydrogen-bond acceptors (Lipinski definition) is 4. The van der Waals surface area contributed by atoms with E-state index in [0.29, 0.717) is 42.6 Å². The van der Waals surface area contributed by atoms with Crippen LogP contribution in [0.5, 0.6) is 0 Å². The van der Waals surface area contributed by atoms with E-state index in [9.17, 15) is 9.59 Å². The number of fused-ring (bicyclic) bond motifs is 1. The predicted octanol–water partition coefficient (Wildman–Crippen LogP) is 2.46. The van der Waals surface area contributed by atoms with Gasteiger partial charge in [0.05, 0.1) is 12.2 Å². The molecule has 7 nitrogen and oxygen atoms in total. The van der Waals surface area contributed by atoms with Gasteiger partial charge in [0.2, 0.25) is 5.91 Å². The Morgan fingerprint density at radius 3 is 2.71 bits per heavy atom. The molecule has 0 spiro atoms. The number of aryl methyl sites for hydroxylation is 2. The van der Waals surface area contributed by atoms with E-state index >= 15 is 0 Å². The van der Waals surface area contributed by atoms with Crippen LogP contribution in [0.25, 0.3) is 5.65 Å². The molecule has 2 amide bonds. The van der Waals surface area contributed by atoms with Crippen molar-refractivity contribution in [1.29, 1.82) is 0 Å². The molecule has 4 rings (SSSR count). The number of carbonyl (C=O) groups is 2. The van der Waals surface area contributed by atoms with E-state index in [4.69, 9.17) is 0 Å². The third kappa shape index (κ3) is 3.50. The van der Waals surface area contributed by atoms with Crippen LogP contribution in [0.15, 0.2) is 12.3 Å². The van der Waals surface area contributed by atoms with Gasteiger partial charge in [0.15, 0.2) is 5.65 Å². The van der Waals surface area contributed by atoms with Crippen LogP contribution in [0, 0.1) is 25.7 Å². The number of rotatable bonds is 4. The van der Waals surface area contributed by atoms with Crippen molar-refractivity contribution in [2.75, 3.05) is 19.6 Å². The minimum absolute atomic E-state index is 0.0535. The Kier molecular flexibility index (Phi) is 4.85. The second-order valence-corrected chi connectivity index (χ2v) is 8.63. The molecule has 0 aromatic carbocycles.